The molecular weight excluding hydrogens is 218 g/mol. The van der Waals surface area contributed by atoms with Crippen molar-refractivity contribution in [3.8, 4) is 23.8 Å². The summed E-state index contributed by atoms with van der Waals surface area (Å²) < 4.78 is 10.4. The lowest BCUT2D eigenvalue weighted by Gasteiger charge is -2.19. The summed E-state index contributed by atoms with van der Waals surface area (Å²) in [6.07, 6.45) is 5.31. The Morgan fingerprint density at radius 3 is 2.82 bits per heavy atom. The molecule has 1 aromatic rings. The summed E-state index contributed by atoms with van der Waals surface area (Å²) in [4.78, 5) is 11.9. The highest BCUT2D eigenvalue weighted by Crippen LogP contribution is 2.32. The topological polar surface area (TPSA) is 47.6 Å². The molecule has 4 heteroatoms. The lowest BCUT2D eigenvalue weighted by Crippen LogP contribution is -2.42. The molecule has 0 spiro atoms. The van der Waals surface area contributed by atoms with Crippen molar-refractivity contribution in [3.05, 3.63) is 23.8 Å². The number of rotatable bonds is 2. The summed E-state index contributed by atoms with van der Waals surface area (Å²) in [7, 11) is 0. The fourth-order valence-electron chi connectivity index (χ4n) is 1.43. The number of carbonyl (C=O) groups is 1. The molecule has 0 aromatic heterocycles. The third kappa shape index (κ3) is 2.34. The fraction of sp³-hybridized carbons (Fsp3) is 0.308. The van der Waals surface area contributed by atoms with Gasteiger partial charge in [0.05, 0.1) is 5.54 Å². The summed E-state index contributed by atoms with van der Waals surface area (Å²) in [6.45, 7) is 3.71. The number of ether oxygens (including phenoxy) is 2. The Morgan fingerprint density at radius 1 is 1.41 bits per heavy atom. The van der Waals surface area contributed by atoms with Gasteiger partial charge in [0.1, 0.15) is 0 Å². The van der Waals surface area contributed by atoms with Gasteiger partial charge in [0.2, 0.25) is 6.79 Å². The van der Waals surface area contributed by atoms with Crippen LogP contribution in [0.25, 0.3) is 0 Å². The van der Waals surface area contributed by atoms with Gasteiger partial charge in [0.15, 0.2) is 11.5 Å². The molecule has 0 radical (unpaired) electrons. The van der Waals surface area contributed by atoms with Gasteiger partial charge in [0, 0.05) is 5.56 Å². The monoisotopic (exact) mass is 231 g/mol. The number of amides is 1. The zero-order valence-corrected chi connectivity index (χ0v) is 9.74. The molecule has 0 saturated heterocycles. The van der Waals surface area contributed by atoms with Gasteiger partial charge in [-0.1, -0.05) is 5.92 Å². The van der Waals surface area contributed by atoms with E-state index in [0.717, 1.165) is 0 Å². The first-order valence-corrected chi connectivity index (χ1v) is 5.22. The van der Waals surface area contributed by atoms with Crippen LogP contribution in [0.5, 0.6) is 11.5 Å². The third-order valence-corrected chi connectivity index (χ3v) is 2.42. The molecule has 1 aliphatic heterocycles. The summed E-state index contributed by atoms with van der Waals surface area (Å²) >= 11 is 0. The highest BCUT2D eigenvalue weighted by Gasteiger charge is 2.20. The molecule has 0 bridgehead atoms. The molecule has 1 aromatic carbocycles. The fourth-order valence-corrected chi connectivity index (χ4v) is 1.43. The molecule has 1 amide bonds. The summed E-state index contributed by atoms with van der Waals surface area (Å²) in [5.41, 5.74) is -0.175. The molecule has 1 N–H and O–H groups in total. The number of terminal acetylenes is 1. The molecule has 1 heterocycles. The molecule has 2 rings (SSSR count). The van der Waals surface area contributed by atoms with Crippen molar-refractivity contribution in [2.45, 2.75) is 19.4 Å². The predicted octanol–water partition coefficient (Wildman–Crippen LogP) is 1.56. The van der Waals surface area contributed by atoms with E-state index in [9.17, 15) is 4.79 Å². The maximum absolute atomic E-state index is 11.9. The highest BCUT2D eigenvalue weighted by atomic mass is 16.7. The van der Waals surface area contributed by atoms with Crippen molar-refractivity contribution in [1.29, 1.82) is 0 Å². The van der Waals surface area contributed by atoms with Gasteiger partial charge in [-0.25, -0.2) is 0 Å². The predicted molar refractivity (Wildman–Crippen MR) is 62.9 cm³/mol. The molecular formula is C13H13NO3. The third-order valence-electron chi connectivity index (χ3n) is 2.42. The quantitative estimate of drug-likeness (QED) is 0.786. The Hall–Kier alpha value is -2.15. The van der Waals surface area contributed by atoms with Crippen molar-refractivity contribution in [2.75, 3.05) is 6.79 Å². The minimum Gasteiger partial charge on any atom is -0.454 e. The van der Waals surface area contributed by atoms with E-state index in [1.54, 1.807) is 32.0 Å². The molecule has 0 atom stereocenters. The first kappa shape index (κ1) is 11.3. The Kier molecular flexibility index (Phi) is 2.68. The van der Waals surface area contributed by atoms with E-state index in [1.807, 2.05) is 0 Å². The number of benzene rings is 1. The van der Waals surface area contributed by atoms with Crippen LogP contribution in [0.3, 0.4) is 0 Å². The van der Waals surface area contributed by atoms with Gasteiger partial charge in [-0.2, -0.15) is 0 Å². The number of hydrogen-bond acceptors (Lipinski definition) is 3. The van der Waals surface area contributed by atoms with E-state index in [0.29, 0.717) is 17.1 Å². The Bertz CT molecular complexity index is 500. The number of hydrogen-bond donors (Lipinski definition) is 1. The van der Waals surface area contributed by atoms with E-state index >= 15 is 0 Å². The highest BCUT2D eigenvalue weighted by molar-refractivity contribution is 5.95. The van der Waals surface area contributed by atoms with Crippen molar-refractivity contribution < 1.29 is 14.3 Å². The van der Waals surface area contributed by atoms with E-state index in [-0.39, 0.29) is 12.7 Å². The summed E-state index contributed by atoms with van der Waals surface area (Å²) in [5, 5.41) is 2.74. The second kappa shape index (κ2) is 4.02. The van der Waals surface area contributed by atoms with Crippen LogP contribution in [0, 0.1) is 12.3 Å². The molecule has 1 aliphatic rings. The van der Waals surface area contributed by atoms with Gasteiger partial charge in [-0.05, 0) is 32.0 Å². The van der Waals surface area contributed by atoms with Crippen LogP contribution in [0.1, 0.15) is 24.2 Å². The smallest absolute Gasteiger partial charge is 0.252 e. The first-order chi connectivity index (χ1) is 8.02. The van der Waals surface area contributed by atoms with Crippen LogP contribution in [0.15, 0.2) is 18.2 Å². The van der Waals surface area contributed by atoms with Crippen molar-refractivity contribution in [1.82, 2.24) is 5.32 Å². The average molecular weight is 231 g/mol. The molecule has 0 fully saturated rings. The molecule has 17 heavy (non-hydrogen) atoms. The first-order valence-electron chi connectivity index (χ1n) is 5.22. The lowest BCUT2D eigenvalue weighted by atomic mass is 10.1. The van der Waals surface area contributed by atoms with Gasteiger partial charge in [-0.3, -0.25) is 4.79 Å². The zero-order chi connectivity index (χ0) is 12.5. The molecule has 0 saturated carbocycles. The lowest BCUT2D eigenvalue weighted by molar-refractivity contribution is 0.0929. The van der Waals surface area contributed by atoms with Crippen LogP contribution in [0.4, 0.5) is 0 Å². The van der Waals surface area contributed by atoms with Crippen LogP contribution >= 0.6 is 0 Å². The number of fused-ring (bicyclic) bond motifs is 1. The van der Waals surface area contributed by atoms with Crippen LogP contribution < -0.4 is 14.8 Å². The summed E-state index contributed by atoms with van der Waals surface area (Å²) in [6, 6.07) is 5.03. The standard InChI is InChI=1S/C13H13NO3/c1-4-13(2,3)14-12(15)9-5-6-10-11(7-9)17-8-16-10/h1,5-7H,8H2,2-3H3,(H,14,15). The van der Waals surface area contributed by atoms with E-state index in [1.165, 1.54) is 0 Å². The number of carbonyl (C=O) groups excluding carboxylic acids is 1. The van der Waals surface area contributed by atoms with Crippen molar-refractivity contribution in [3.63, 3.8) is 0 Å². The maximum Gasteiger partial charge on any atom is 0.252 e. The van der Waals surface area contributed by atoms with Gasteiger partial charge >= 0.3 is 0 Å². The maximum atomic E-state index is 11.9. The minimum absolute atomic E-state index is 0.191. The zero-order valence-electron chi connectivity index (χ0n) is 9.74. The Morgan fingerprint density at radius 2 is 2.12 bits per heavy atom. The average Bonchev–Trinajstić information content (AvgIpc) is 2.75. The largest absolute Gasteiger partial charge is 0.454 e. The summed E-state index contributed by atoms with van der Waals surface area (Å²) in [5.74, 6) is 3.51. The van der Waals surface area contributed by atoms with Crippen molar-refractivity contribution >= 4 is 5.91 Å². The number of nitrogens with one attached hydrogen (secondary N) is 1. The second-order valence-corrected chi connectivity index (χ2v) is 4.29. The SMILES string of the molecule is C#CC(C)(C)NC(=O)c1ccc2c(c1)OCO2. The molecule has 4 nitrogen and oxygen atoms in total. The minimum atomic E-state index is -0.673. The van der Waals surface area contributed by atoms with Gasteiger partial charge in [0.25, 0.3) is 5.91 Å². The van der Waals surface area contributed by atoms with Gasteiger partial charge < -0.3 is 14.8 Å². The van der Waals surface area contributed by atoms with Crippen LogP contribution in [0.2, 0.25) is 0 Å². The van der Waals surface area contributed by atoms with E-state index in [2.05, 4.69) is 11.2 Å². The van der Waals surface area contributed by atoms with Crippen molar-refractivity contribution in [2.24, 2.45) is 0 Å². The molecule has 0 aliphatic carbocycles. The Balaban J connectivity index is 2.19. The molecule has 88 valence electrons. The Labute approximate surface area is 99.9 Å². The van der Waals surface area contributed by atoms with E-state index in [4.69, 9.17) is 15.9 Å². The molecule has 0 unspecified atom stereocenters. The van der Waals surface area contributed by atoms with Crippen LogP contribution in [-0.2, 0) is 0 Å². The van der Waals surface area contributed by atoms with E-state index < -0.39 is 5.54 Å². The van der Waals surface area contributed by atoms with Crippen LogP contribution in [-0.4, -0.2) is 18.2 Å². The van der Waals surface area contributed by atoms with Gasteiger partial charge in [-0.15, -0.1) is 6.42 Å². The second-order valence-electron chi connectivity index (χ2n) is 4.29. The normalized spacial score (nSPS) is 13.0.